The monoisotopic (exact) mass is 321 g/mol. The molecule has 72 valence electrons. The molecule has 1 rings (SSSR count). The fourth-order valence-corrected chi connectivity index (χ4v) is 2.09. The van der Waals surface area contributed by atoms with Gasteiger partial charge in [-0.1, -0.05) is 36.8 Å². The second-order valence-electron chi connectivity index (χ2n) is 2.12. The summed E-state index contributed by atoms with van der Waals surface area (Å²) in [6.07, 6.45) is -3.18. The summed E-state index contributed by atoms with van der Waals surface area (Å²) in [4.78, 5) is 3.60. The third-order valence-corrected chi connectivity index (χ3v) is 3.03. The molecule has 0 atom stereocenters. The molecule has 0 saturated heterocycles. The molecule has 1 nitrogen and oxygen atoms in total. The maximum atomic E-state index is 12.3. The molecule has 1 aromatic rings. The third-order valence-electron chi connectivity index (χ3n) is 1.24. The lowest BCUT2D eigenvalue weighted by Gasteiger charge is -2.08. The highest BCUT2D eigenvalue weighted by Crippen LogP contribution is 2.34. The van der Waals surface area contributed by atoms with Gasteiger partial charge in [-0.2, -0.15) is 13.2 Å². The van der Waals surface area contributed by atoms with Crippen LogP contribution in [0.2, 0.25) is 5.02 Å². The molecular weight excluding hydrogens is 317 g/mol. The number of halogens is 5. The SMILES string of the molecule is C=Ic1ncc(Cl)cc1C(F)(F)F. The van der Waals surface area contributed by atoms with Gasteiger partial charge < -0.3 is 0 Å². The number of rotatable bonds is 1. The number of alkyl halides is 3. The molecule has 0 spiro atoms. The van der Waals surface area contributed by atoms with E-state index in [4.69, 9.17) is 11.6 Å². The summed E-state index contributed by atoms with van der Waals surface area (Å²) in [5, 5.41) is -0.00599. The first kappa shape index (κ1) is 10.9. The van der Waals surface area contributed by atoms with Crippen LogP contribution < -0.4 is 0 Å². The van der Waals surface area contributed by atoms with E-state index in [1.165, 1.54) is 6.20 Å². The summed E-state index contributed by atoms with van der Waals surface area (Å²) in [6.45, 7) is 0. The first-order valence-corrected chi connectivity index (χ1v) is 6.04. The maximum Gasteiger partial charge on any atom is 0.418 e. The van der Waals surface area contributed by atoms with Gasteiger partial charge in [0.15, 0.2) is 0 Å². The van der Waals surface area contributed by atoms with Crippen molar-refractivity contribution in [2.45, 2.75) is 6.18 Å². The quantitative estimate of drug-likeness (QED) is 0.571. The Bertz CT molecular complexity index is 337. The fraction of sp³-hybridized carbons (Fsp3) is 0.143. The maximum absolute atomic E-state index is 12.3. The van der Waals surface area contributed by atoms with Crippen LogP contribution in [0.15, 0.2) is 12.3 Å². The van der Waals surface area contributed by atoms with E-state index in [-0.39, 0.29) is 8.72 Å². The molecule has 6 heteroatoms. The lowest BCUT2D eigenvalue weighted by molar-refractivity contribution is -0.138. The van der Waals surface area contributed by atoms with Crippen LogP contribution in [0.25, 0.3) is 0 Å². The molecular formula is C7H4ClF3IN. The summed E-state index contributed by atoms with van der Waals surface area (Å²) in [6, 6.07) is 0.884. The molecule has 0 unspecified atom stereocenters. The van der Waals surface area contributed by atoms with Crippen LogP contribution in [-0.4, -0.2) is 9.50 Å². The highest BCUT2D eigenvalue weighted by molar-refractivity contribution is 14.2. The van der Waals surface area contributed by atoms with E-state index in [2.05, 4.69) is 9.50 Å². The van der Waals surface area contributed by atoms with E-state index in [1.54, 1.807) is 0 Å². The molecule has 0 aliphatic heterocycles. The second-order valence-corrected chi connectivity index (χ2v) is 4.34. The molecule has 1 aromatic heterocycles. The standard InChI is InChI=1S/C7H4ClF3IN/c1-12-6-5(7(9,10)11)2-4(8)3-13-6/h2-3H,1H2. The van der Waals surface area contributed by atoms with Crippen LogP contribution in [0, 0.1) is 3.70 Å². The van der Waals surface area contributed by atoms with Crippen LogP contribution in [-0.2, 0) is 6.18 Å². The molecule has 0 bridgehead atoms. The van der Waals surface area contributed by atoms with Gasteiger partial charge in [-0.25, -0.2) is 4.98 Å². The minimum atomic E-state index is -4.38. The predicted molar refractivity (Wildman–Crippen MR) is 54.1 cm³/mol. The van der Waals surface area contributed by atoms with Gasteiger partial charge in [-0.3, -0.25) is 0 Å². The van der Waals surface area contributed by atoms with Crippen molar-refractivity contribution in [3.63, 3.8) is 0 Å². The Balaban J connectivity index is 3.32. The minimum absolute atomic E-state index is 0.00599. The van der Waals surface area contributed by atoms with Gasteiger partial charge >= 0.3 is 6.18 Å². The second kappa shape index (κ2) is 3.91. The van der Waals surface area contributed by atoms with Crippen molar-refractivity contribution in [2.24, 2.45) is 0 Å². The Morgan fingerprint density at radius 1 is 1.46 bits per heavy atom. The van der Waals surface area contributed by atoms with Crippen molar-refractivity contribution in [3.05, 3.63) is 26.5 Å². The zero-order valence-electron chi connectivity index (χ0n) is 6.20. The zero-order valence-corrected chi connectivity index (χ0v) is 9.11. The summed E-state index contributed by atoms with van der Waals surface area (Å²) < 4.78 is 40.4. The van der Waals surface area contributed by atoms with Crippen molar-refractivity contribution in [1.29, 1.82) is 0 Å². The molecule has 0 N–H and O–H groups in total. The van der Waals surface area contributed by atoms with Crippen molar-refractivity contribution >= 4 is 36.8 Å². The van der Waals surface area contributed by atoms with E-state index < -0.39 is 32.5 Å². The van der Waals surface area contributed by atoms with E-state index in [9.17, 15) is 13.2 Å². The Morgan fingerprint density at radius 3 is 2.54 bits per heavy atom. The molecule has 0 saturated carbocycles. The third kappa shape index (κ3) is 2.63. The summed E-state index contributed by atoms with van der Waals surface area (Å²) >= 11 is 4.48. The van der Waals surface area contributed by atoms with Crippen molar-refractivity contribution in [2.75, 3.05) is 0 Å². The fourth-order valence-electron chi connectivity index (χ4n) is 0.728. The van der Waals surface area contributed by atoms with E-state index in [0.717, 1.165) is 6.07 Å². The van der Waals surface area contributed by atoms with E-state index in [1.807, 2.05) is 0 Å². The Morgan fingerprint density at radius 2 is 2.08 bits per heavy atom. The van der Waals surface area contributed by atoms with E-state index >= 15 is 0 Å². The number of hydrogen-bond donors (Lipinski definition) is 0. The number of hydrogen-bond acceptors (Lipinski definition) is 1. The van der Waals surface area contributed by atoms with Crippen LogP contribution in [0.4, 0.5) is 13.2 Å². The number of nitrogens with zero attached hydrogens (tertiary/aromatic N) is 1. The summed E-state index contributed by atoms with van der Waals surface area (Å²) in [5.74, 6) is 0. The highest BCUT2D eigenvalue weighted by Gasteiger charge is 2.33. The average Bonchev–Trinajstić information content (AvgIpc) is 2.03. The van der Waals surface area contributed by atoms with Gasteiger partial charge in [0.05, 0.1) is 10.6 Å². The van der Waals surface area contributed by atoms with Gasteiger partial charge in [0, 0.05) is 6.20 Å². The first-order chi connectivity index (χ1) is 5.95. The van der Waals surface area contributed by atoms with Crippen LogP contribution >= 0.6 is 32.3 Å². The normalized spacial score (nSPS) is 11.7. The topological polar surface area (TPSA) is 12.9 Å². The Hall–Kier alpha value is -0.170. The average molecular weight is 321 g/mol. The molecule has 13 heavy (non-hydrogen) atoms. The van der Waals surface area contributed by atoms with E-state index in [0.29, 0.717) is 0 Å². The largest absolute Gasteiger partial charge is 0.418 e. The smallest absolute Gasteiger partial charge is 0.249 e. The molecule has 0 radical (unpaired) electrons. The predicted octanol–water partition coefficient (Wildman–Crippen LogP) is 3.33. The van der Waals surface area contributed by atoms with Crippen LogP contribution in [0.3, 0.4) is 0 Å². The van der Waals surface area contributed by atoms with Gasteiger partial charge in [-0.05, 0) is 6.07 Å². The zero-order chi connectivity index (χ0) is 10.1. The van der Waals surface area contributed by atoms with Crippen molar-refractivity contribution in [3.8, 4) is 0 Å². The van der Waals surface area contributed by atoms with Crippen molar-refractivity contribution in [1.82, 2.24) is 4.98 Å². The van der Waals surface area contributed by atoms with Gasteiger partial charge in [0.25, 0.3) is 0 Å². The van der Waals surface area contributed by atoms with Crippen LogP contribution in [0.1, 0.15) is 5.56 Å². The molecule has 0 aliphatic rings. The number of pyridine rings is 1. The summed E-state index contributed by atoms with van der Waals surface area (Å²) in [7, 11) is 0. The lowest BCUT2D eigenvalue weighted by Crippen LogP contribution is -2.08. The Labute approximate surface area is 87.7 Å². The van der Waals surface area contributed by atoms with Gasteiger partial charge in [-0.15, -0.1) is 0 Å². The first-order valence-electron chi connectivity index (χ1n) is 3.06. The Kier molecular flexibility index (Phi) is 3.28. The molecule has 0 amide bonds. The molecule has 0 aliphatic carbocycles. The van der Waals surface area contributed by atoms with Crippen LogP contribution in [0.5, 0.6) is 0 Å². The highest BCUT2D eigenvalue weighted by atomic mass is 127. The van der Waals surface area contributed by atoms with Gasteiger partial charge in [0.1, 0.15) is 3.70 Å². The van der Waals surface area contributed by atoms with Crippen molar-refractivity contribution < 1.29 is 13.2 Å². The number of aromatic nitrogens is 1. The molecule has 0 fully saturated rings. The molecule has 0 aromatic carbocycles. The van der Waals surface area contributed by atoms with Gasteiger partial charge in [0.2, 0.25) is 0 Å². The summed E-state index contributed by atoms with van der Waals surface area (Å²) in [5.41, 5.74) is -0.761. The minimum Gasteiger partial charge on any atom is -0.249 e. The lowest BCUT2D eigenvalue weighted by atomic mass is 10.3. The molecule has 1 heterocycles.